The van der Waals surface area contributed by atoms with Crippen molar-refractivity contribution in [2.45, 2.75) is 51.7 Å². The van der Waals surface area contributed by atoms with E-state index in [1.165, 1.54) is 7.11 Å². The van der Waals surface area contributed by atoms with E-state index in [9.17, 15) is 9.90 Å². The maximum absolute atomic E-state index is 11.9. The number of aliphatic hydroxyl groups is 1. The Morgan fingerprint density at radius 3 is 2.82 bits per heavy atom. The number of fused-ring (bicyclic) bond motifs is 1. The fraction of sp³-hybridized carbons (Fsp3) is 0.722. The lowest BCUT2D eigenvalue weighted by molar-refractivity contribution is -0.141. The summed E-state index contributed by atoms with van der Waals surface area (Å²) in [5.41, 5.74) is 1.26. The molecule has 2 rings (SSSR count). The largest absolute Gasteiger partial charge is 0.466 e. The van der Waals surface area contributed by atoms with Gasteiger partial charge in [-0.15, -0.1) is 0 Å². The lowest BCUT2D eigenvalue weighted by atomic mass is 9.58. The molecule has 0 heterocycles. The van der Waals surface area contributed by atoms with E-state index < -0.39 is 6.10 Å². The van der Waals surface area contributed by atoms with Crippen LogP contribution in [-0.4, -0.2) is 36.5 Å². The van der Waals surface area contributed by atoms with Gasteiger partial charge in [0.25, 0.3) is 0 Å². The SMILES string of the molecule is C=C(C(=O)OC)C1CCC(C)(OCC)C2CC(O)C(C)=CC12. The van der Waals surface area contributed by atoms with Crippen molar-refractivity contribution in [3.8, 4) is 0 Å². The van der Waals surface area contributed by atoms with Crippen LogP contribution in [0.1, 0.15) is 40.0 Å². The Bertz CT molecular complexity index is 481. The highest BCUT2D eigenvalue weighted by atomic mass is 16.5. The van der Waals surface area contributed by atoms with Gasteiger partial charge in [0, 0.05) is 12.2 Å². The van der Waals surface area contributed by atoms with Crippen LogP contribution >= 0.6 is 0 Å². The van der Waals surface area contributed by atoms with Crippen LogP contribution < -0.4 is 0 Å². The van der Waals surface area contributed by atoms with Crippen molar-refractivity contribution in [1.82, 2.24) is 0 Å². The Balaban J connectivity index is 2.34. The monoisotopic (exact) mass is 308 g/mol. The number of hydrogen-bond donors (Lipinski definition) is 1. The summed E-state index contributed by atoms with van der Waals surface area (Å²) < 4.78 is 10.9. The molecule has 0 aromatic carbocycles. The van der Waals surface area contributed by atoms with Crippen molar-refractivity contribution >= 4 is 5.97 Å². The lowest BCUT2D eigenvalue weighted by Crippen LogP contribution is -2.51. The van der Waals surface area contributed by atoms with Gasteiger partial charge in [0.15, 0.2) is 0 Å². The van der Waals surface area contributed by atoms with Gasteiger partial charge in [0.2, 0.25) is 0 Å². The Morgan fingerprint density at radius 1 is 1.55 bits per heavy atom. The van der Waals surface area contributed by atoms with E-state index in [4.69, 9.17) is 9.47 Å². The van der Waals surface area contributed by atoms with Gasteiger partial charge >= 0.3 is 5.97 Å². The van der Waals surface area contributed by atoms with Crippen LogP contribution in [0.5, 0.6) is 0 Å². The number of ether oxygens (including phenoxy) is 2. The van der Waals surface area contributed by atoms with Gasteiger partial charge in [-0.2, -0.15) is 0 Å². The summed E-state index contributed by atoms with van der Waals surface area (Å²) in [6.07, 6.45) is 4.09. The van der Waals surface area contributed by atoms with E-state index in [1.807, 2.05) is 13.8 Å². The van der Waals surface area contributed by atoms with Crippen LogP contribution in [0.2, 0.25) is 0 Å². The first kappa shape index (κ1) is 17.2. The maximum atomic E-state index is 11.9. The Labute approximate surface area is 133 Å². The number of hydrogen-bond acceptors (Lipinski definition) is 4. The molecule has 0 bridgehead atoms. The highest BCUT2D eigenvalue weighted by Crippen LogP contribution is 2.51. The van der Waals surface area contributed by atoms with Gasteiger partial charge in [0.1, 0.15) is 0 Å². The summed E-state index contributed by atoms with van der Waals surface area (Å²) in [6.45, 7) is 10.7. The second kappa shape index (κ2) is 6.55. The summed E-state index contributed by atoms with van der Waals surface area (Å²) in [5.74, 6) is 0.0842. The molecule has 0 spiro atoms. The van der Waals surface area contributed by atoms with E-state index in [0.29, 0.717) is 18.6 Å². The molecule has 124 valence electrons. The molecule has 0 aromatic rings. The van der Waals surface area contributed by atoms with Gasteiger partial charge in [-0.1, -0.05) is 12.7 Å². The highest BCUT2D eigenvalue weighted by molar-refractivity contribution is 5.88. The summed E-state index contributed by atoms with van der Waals surface area (Å²) in [5, 5.41) is 10.3. The number of methoxy groups -OCH3 is 1. The first-order valence-corrected chi connectivity index (χ1v) is 8.11. The third-order valence-electron chi connectivity index (χ3n) is 5.49. The minimum absolute atomic E-state index is 0.0634. The van der Waals surface area contributed by atoms with Gasteiger partial charge in [-0.25, -0.2) is 4.79 Å². The van der Waals surface area contributed by atoms with E-state index in [0.717, 1.165) is 18.4 Å². The predicted molar refractivity (Wildman–Crippen MR) is 85.3 cm³/mol. The molecule has 1 N–H and O–H groups in total. The minimum atomic E-state index is -0.425. The van der Waals surface area contributed by atoms with E-state index in [1.54, 1.807) is 0 Å². The quantitative estimate of drug-likeness (QED) is 0.493. The zero-order valence-corrected chi connectivity index (χ0v) is 14.1. The molecular weight excluding hydrogens is 280 g/mol. The summed E-state index contributed by atoms with van der Waals surface area (Å²) in [6, 6.07) is 0. The third-order valence-corrected chi connectivity index (χ3v) is 5.49. The predicted octanol–water partition coefficient (Wildman–Crippen LogP) is 2.86. The van der Waals surface area contributed by atoms with E-state index >= 15 is 0 Å². The van der Waals surface area contributed by atoms with Crippen LogP contribution in [0, 0.1) is 17.8 Å². The molecule has 2 aliphatic rings. The molecule has 0 saturated heterocycles. The van der Waals surface area contributed by atoms with Crippen LogP contribution in [0.3, 0.4) is 0 Å². The number of allylic oxidation sites excluding steroid dienone is 1. The minimum Gasteiger partial charge on any atom is -0.466 e. The normalized spacial score (nSPS) is 38.0. The van der Waals surface area contributed by atoms with Crippen molar-refractivity contribution in [1.29, 1.82) is 0 Å². The summed E-state index contributed by atoms with van der Waals surface area (Å²) >= 11 is 0. The second-order valence-electron chi connectivity index (χ2n) is 6.75. The van der Waals surface area contributed by atoms with Gasteiger partial charge in [-0.3, -0.25) is 0 Å². The van der Waals surface area contributed by atoms with Gasteiger partial charge in [0.05, 0.1) is 18.8 Å². The molecule has 4 nitrogen and oxygen atoms in total. The Kier molecular flexibility index (Phi) is 5.13. The standard InChI is InChI=1S/C18H28O4/c1-6-22-18(4)8-7-13(12(3)17(20)21-5)14-9-11(2)16(19)10-15(14)18/h9,13-16,19H,3,6-8,10H2,1-2,4-5H3. The molecule has 4 heteroatoms. The summed E-state index contributed by atoms with van der Waals surface area (Å²) in [4.78, 5) is 11.9. The zero-order valence-electron chi connectivity index (χ0n) is 14.1. The molecule has 0 radical (unpaired) electrons. The second-order valence-corrected chi connectivity index (χ2v) is 6.75. The molecule has 5 unspecified atom stereocenters. The number of aliphatic hydroxyl groups excluding tert-OH is 1. The number of esters is 1. The van der Waals surface area contributed by atoms with Crippen LogP contribution in [0.15, 0.2) is 23.8 Å². The lowest BCUT2D eigenvalue weighted by Gasteiger charge is -2.51. The first-order valence-electron chi connectivity index (χ1n) is 8.11. The average molecular weight is 308 g/mol. The maximum Gasteiger partial charge on any atom is 0.333 e. The van der Waals surface area contributed by atoms with Crippen LogP contribution in [0.4, 0.5) is 0 Å². The van der Waals surface area contributed by atoms with E-state index in [2.05, 4.69) is 19.6 Å². The van der Waals surface area contributed by atoms with Crippen molar-refractivity contribution in [3.05, 3.63) is 23.8 Å². The molecule has 5 atom stereocenters. The van der Waals surface area contributed by atoms with Crippen molar-refractivity contribution < 1.29 is 19.4 Å². The number of carbonyl (C=O) groups is 1. The van der Waals surface area contributed by atoms with Crippen molar-refractivity contribution in [2.75, 3.05) is 13.7 Å². The van der Waals surface area contributed by atoms with Gasteiger partial charge in [-0.05, 0) is 63.4 Å². The molecule has 0 amide bonds. The van der Waals surface area contributed by atoms with Crippen LogP contribution in [0.25, 0.3) is 0 Å². The number of carbonyl (C=O) groups excluding carboxylic acids is 1. The first-order chi connectivity index (χ1) is 10.3. The third kappa shape index (κ3) is 2.99. The molecule has 22 heavy (non-hydrogen) atoms. The average Bonchev–Trinajstić information content (AvgIpc) is 2.48. The fourth-order valence-corrected chi connectivity index (χ4v) is 4.19. The summed E-state index contributed by atoms with van der Waals surface area (Å²) in [7, 11) is 1.39. The van der Waals surface area contributed by atoms with Crippen molar-refractivity contribution in [2.24, 2.45) is 17.8 Å². The zero-order chi connectivity index (χ0) is 16.5. The molecule has 1 saturated carbocycles. The highest BCUT2D eigenvalue weighted by Gasteiger charge is 2.50. The smallest absolute Gasteiger partial charge is 0.333 e. The van der Waals surface area contributed by atoms with Crippen LogP contribution in [-0.2, 0) is 14.3 Å². The fourth-order valence-electron chi connectivity index (χ4n) is 4.19. The Morgan fingerprint density at radius 2 is 2.23 bits per heavy atom. The van der Waals surface area contributed by atoms with Crippen molar-refractivity contribution in [3.63, 3.8) is 0 Å². The molecule has 0 aliphatic heterocycles. The number of rotatable bonds is 4. The molecule has 2 aliphatic carbocycles. The topological polar surface area (TPSA) is 55.8 Å². The molecule has 0 aromatic heterocycles. The Hall–Kier alpha value is -1.13. The molecular formula is C18H28O4. The van der Waals surface area contributed by atoms with Gasteiger partial charge < -0.3 is 14.6 Å². The van der Waals surface area contributed by atoms with E-state index in [-0.39, 0.29) is 29.3 Å². The molecule has 1 fully saturated rings.